The Morgan fingerprint density at radius 1 is 1.15 bits per heavy atom. The van der Waals surface area contributed by atoms with E-state index in [0.29, 0.717) is 11.9 Å². The molecule has 2 aromatic rings. The largest absolute Gasteiger partial charge is 0.439 e. The number of nitrogens with zero attached hydrogens (tertiary/aromatic N) is 1. The van der Waals surface area contributed by atoms with E-state index >= 15 is 0 Å². The van der Waals surface area contributed by atoms with Gasteiger partial charge in [0.05, 0.1) is 0 Å². The third kappa shape index (κ3) is 4.35. The van der Waals surface area contributed by atoms with Crippen LogP contribution in [0.4, 0.5) is 0 Å². The number of aryl methyl sites for hydroxylation is 1. The molecule has 0 saturated heterocycles. The van der Waals surface area contributed by atoms with Gasteiger partial charge < -0.3 is 10.1 Å². The molecule has 3 heteroatoms. The zero-order chi connectivity index (χ0) is 14.4. The Morgan fingerprint density at radius 2 is 2.00 bits per heavy atom. The van der Waals surface area contributed by atoms with E-state index in [2.05, 4.69) is 43.2 Å². The second kappa shape index (κ2) is 7.06. The van der Waals surface area contributed by atoms with Gasteiger partial charge in [-0.15, -0.1) is 0 Å². The smallest absolute Gasteiger partial charge is 0.219 e. The van der Waals surface area contributed by atoms with Gasteiger partial charge in [0.15, 0.2) is 0 Å². The maximum Gasteiger partial charge on any atom is 0.219 e. The molecule has 2 rings (SSSR count). The van der Waals surface area contributed by atoms with E-state index in [0.717, 1.165) is 24.3 Å². The summed E-state index contributed by atoms with van der Waals surface area (Å²) in [6, 6.07) is 12.5. The maximum atomic E-state index is 5.77. The number of rotatable bonds is 6. The predicted molar refractivity (Wildman–Crippen MR) is 82.1 cm³/mol. The van der Waals surface area contributed by atoms with Crippen LogP contribution < -0.4 is 10.1 Å². The van der Waals surface area contributed by atoms with Gasteiger partial charge in [0.25, 0.3) is 0 Å². The first kappa shape index (κ1) is 14.5. The molecular formula is C17H22N2O. The van der Waals surface area contributed by atoms with Crippen LogP contribution in [-0.4, -0.2) is 11.0 Å². The molecule has 0 amide bonds. The minimum absolute atomic E-state index is 0.475. The highest BCUT2D eigenvalue weighted by molar-refractivity contribution is 5.32. The molecule has 106 valence electrons. The summed E-state index contributed by atoms with van der Waals surface area (Å²) in [6.07, 6.45) is 2.86. The van der Waals surface area contributed by atoms with Crippen molar-refractivity contribution in [1.29, 1.82) is 0 Å². The van der Waals surface area contributed by atoms with Crippen molar-refractivity contribution < 1.29 is 4.74 Å². The van der Waals surface area contributed by atoms with Crippen LogP contribution in [0.5, 0.6) is 11.6 Å². The second-order valence-electron chi connectivity index (χ2n) is 5.14. The van der Waals surface area contributed by atoms with Crippen LogP contribution in [0.1, 0.15) is 31.9 Å². The number of pyridine rings is 1. The third-order valence-corrected chi connectivity index (χ3v) is 3.04. The van der Waals surface area contributed by atoms with E-state index < -0.39 is 0 Å². The summed E-state index contributed by atoms with van der Waals surface area (Å²) < 4.78 is 5.77. The van der Waals surface area contributed by atoms with Crippen molar-refractivity contribution in [1.82, 2.24) is 10.3 Å². The first-order valence-corrected chi connectivity index (χ1v) is 7.12. The SMILES string of the molecule is CCc1cccc(Oc2ccc(CNC(C)C)cn2)c1. The zero-order valence-corrected chi connectivity index (χ0v) is 12.4. The molecule has 0 fully saturated rings. The number of hydrogen-bond acceptors (Lipinski definition) is 3. The number of hydrogen-bond donors (Lipinski definition) is 1. The Hall–Kier alpha value is -1.87. The van der Waals surface area contributed by atoms with Crippen LogP contribution in [0.3, 0.4) is 0 Å². The second-order valence-corrected chi connectivity index (χ2v) is 5.14. The molecule has 0 radical (unpaired) electrons. The lowest BCUT2D eigenvalue weighted by molar-refractivity contribution is 0.461. The molecule has 1 heterocycles. The van der Waals surface area contributed by atoms with Crippen molar-refractivity contribution >= 4 is 0 Å². The van der Waals surface area contributed by atoms with Crippen LogP contribution in [-0.2, 0) is 13.0 Å². The monoisotopic (exact) mass is 270 g/mol. The summed E-state index contributed by atoms with van der Waals surface area (Å²) in [5.41, 5.74) is 2.42. The zero-order valence-electron chi connectivity index (χ0n) is 12.4. The molecule has 20 heavy (non-hydrogen) atoms. The van der Waals surface area contributed by atoms with Gasteiger partial charge in [0.1, 0.15) is 5.75 Å². The van der Waals surface area contributed by atoms with Crippen LogP contribution in [0.2, 0.25) is 0 Å². The van der Waals surface area contributed by atoms with Gasteiger partial charge in [-0.25, -0.2) is 4.98 Å². The van der Waals surface area contributed by atoms with Crippen molar-refractivity contribution in [2.45, 2.75) is 39.8 Å². The molecule has 1 aromatic heterocycles. The molecule has 0 spiro atoms. The molecular weight excluding hydrogens is 248 g/mol. The van der Waals surface area contributed by atoms with Gasteiger partial charge in [-0.1, -0.05) is 39.0 Å². The Bertz CT molecular complexity index is 535. The van der Waals surface area contributed by atoms with Crippen LogP contribution >= 0.6 is 0 Å². The quantitative estimate of drug-likeness (QED) is 0.863. The number of benzene rings is 1. The fourth-order valence-electron chi connectivity index (χ4n) is 1.85. The summed E-state index contributed by atoms with van der Waals surface area (Å²) in [4.78, 5) is 4.35. The highest BCUT2D eigenvalue weighted by Crippen LogP contribution is 2.20. The Morgan fingerprint density at radius 3 is 2.65 bits per heavy atom. The molecule has 3 nitrogen and oxygen atoms in total. The third-order valence-electron chi connectivity index (χ3n) is 3.04. The highest BCUT2D eigenvalue weighted by atomic mass is 16.5. The molecule has 0 aliphatic heterocycles. The molecule has 1 N–H and O–H groups in total. The van der Waals surface area contributed by atoms with Crippen molar-refractivity contribution in [2.24, 2.45) is 0 Å². The lowest BCUT2D eigenvalue weighted by Gasteiger charge is -2.09. The topological polar surface area (TPSA) is 34.1 Å². The average molecular weight is 270 g/mol. The van der Waals surface area contributed by atoms with E-state index in [-0.39, 0.29) is 0 Å². The molecule has 0 atom stereocenters. The summed E-state index contributed by atoms with van der Waals surface area (Å²) in [5.74, 6) is 1.47. The van der Waals surface area contributed by atoms with Crippen LogP contribution in [0, 0.1) is 0 Å². The molecule has 0 aliphatic carbocycles. The Kier molecular flexibility index (Phi) is 5.13. The van der Waals surface area contributed by atoms with E-state index in [1.165, 1.54) is 5.56 Å². The minimum Gasteiger partial charge on any atom is -0.439 e. The van der Waals surface area contributed by atoms with Gasteiger partial charge in [0.2, 0.25) is 5.88 Å². The highest BCUT2D eigenvalue weighted by Gasteiger charge is 2.01. The van der Waals surface area contributed by atoms with Crippen LogP contribution in [0.25, 0.3) is 0 Å². The maximum absolute atomic E-state index is 5.77. The van der Waals surface area contributed by atoms with Gasteiger partial charge in [-0.3, -0.25) is 0 Å². The van der Waals surface area contributed by atoms with E-state index in [1.807, 2.05) is 30.5 Å². The number of nitrogens with one attached hydrogen (secondary N) is 1. The summed E-state index contributed by atoms with van der Waals surface area (Å²) >= 11 is 0. The normalized spacial score (nSPS) is 10.8. The van der Waals surface area contributed by atoms with E-state index in [1.54, 1.807) is 0 Å². The minimum atomic E-state index is 0.475. The van der Waals surface area contributed by atoms with Gasteiger partial charge in [-0.05, 0) is 29.7 Å². The fraction of sp³-hybridized carbons (Fsp3) is 0.353. The molecule has 1 aromatic carbocycles. The summed E-state index contributed by atoms with van der Waals surface area (Å²) in [7, 11) is 0. The standard InChI is InChI=1S/C17H22N2O/c1-4-14-6-5-7-16(10-14)20-17-9-8-15(12-19-17)11-18-13(2)3/h5-10,12-13,18H,4,11H2,1-3H3. The van der Waals surface area contributed by atoms with Crippen LogP contribution in [0.15, 0.2) is 42.6 Å². The fourth-order valence-corrected chi connectivity index (χ4v) is 1.85. The summed E-state index contributed by atoms with van der Waals surface area (Å²) in [5, 5.41) is 3.37. The van der Waals surface area contributed by atoms with Crippen molar-refractivity contribution in [3.05, 3.63) is 53.7 Å². The lowest BCUT2D eigenvalue weighted by Crippen LogP contribution is -2.21. The first-order valence-electron chi connectivity index (χ1n) is 7.12. The average Bonchev–Trinajstić information content (AvgIpc) is 2.47. The predicted octanol–water partition coefficient (Wildman–Crippen LogP) is 3.93. The van der Waals surface area contributed by atoms with Crippen molar-refractivity contribution in [2.75, 3.05) is 0 Å². The number of aromatic nitrogens is 1. The van der Waals surface area contributed by atoms with Gasteiger partial charge in [-0.2, -0.15) is 0 Å². The lowest BCUT2D eigenvalue weighted by atomic mass is 10.2. The summed E-state index contributed by atoms with van der Waals surface area (Å²) in [6.45, 7) is 7.22. The van der Waals surface area contributed by atoms with E-state index in [4.69, 9.17) is 4.74 Å². The molecule has 0 aliphatic rings. The van der Waals surface area contributed by atoms with Crippen molar-refractivity contribution in [3.8, 4) is 11.6 Å². The van der Waals surface area contributed by atoms with Gasteiger partial charge in [0, 0.05) is 24.8 Å². The number of ether oxygens (including phenoxy) is 1. The molecule has 0 bridgehead atoms. The molecule has 0 unspecified atom stereocenters. The first-order chi connectivity index (χ1) is 9.67. The van der Waals surface area contributed by atoms with Gasteiger partial charge >= 0.3 is 0 Å². The Balaban J connectivity index is 1.99. The Labute approximate surface area is 121 Å². The molecule has 0 saturated carbocycles. The van der Waals surface area contributed by atoms with E-state index in [9.17, 15) is 0 Å². The van der Waals surface area contributed by atoms with Crippen molar-refractivity contribution in [3.63, 3.8) is 0 Å².